The minimum Gasteiger partial charge on any atom is -0.361 e. The van der Waals surface area contributed by atoms with Crippen molar-refractivity contribution >= 4 is 29.3 Å². The Morgan fingerprint density at radius 1 is 1.03 bits per heavy atom. The lowest BCUT2D eigenvalue weighted by Crippen LogP contribution is -2.29. The van der Waals surface area contributed by atoms with Crippen molar-refractivity contribution in [2.75, 3.05) is 17.2 Å². The maximum Gasteiger partial charge on any atom is 0.239 e. The molecule has 0 saturated heterocycles. The van der Waals surface area contributed by atoms with E-state index in [1.165, 1.54) is 0 Å². The van der Waals surface area contributed by atoms with E-state index < -0.39 is 0 Å². The van der Waals surface area contributed by atoms with Gasteiger partial charge in [-0.3, -0.25) is 9.36 Å². The molecule has 2 aromatic heterocycles. The minimum absolute atomic E-state index is 0.0321. The molecule has 4 aromatic rings. The molecule has 0 aliphatic carbocycles. The number of carbonyl (C=O) groups excluding carboxylic acids is 1. The van der Waals surface area contributed by atoms with Crippen molar-refractivity contribution in [1.82, 2.24) is 24.8 Å². The highest BCUT2D eigenvalue weighted by molar-refractivity contribution is 6.30. The number of hydrogen-bond donors (Lipinski definition) is 3. The quantitative estimate of drug-likeness (QED) is 0.340. The Kier molecular flexibility index (Phi) is 7.32. The average Bonchev–Trinajstić information content (AvgIpc) is 3.40. The van der Waals surface area contributed by atoms with Gasteiger partial charge in [0.1, 0.15) is 18.0 Å². The summed E-state index contributed by atoms with van der Waals surface area (Å²) in [5.41, 5.74) is 2.47. The normalized spacial score (nSPS) is 10.4. The van der Waals surface area contributed by atoms with Crippen LogP contribution in [0.15, 0.2) is 73.3 Å². The molecule has 170 valence electrons. The predicted octanol–water partition coefficient (Wildman–Crippen LogP) is 3.53. The summed E-state index contributed by atoms with van der Waals surface area (Å²) in [6, 6.07) is 18.4. The molecule has 9 nitrogen and oxygen atoms in total. The lowest BCUT2D eigenvalue weighted by molar-refractivity contribution is -0.119. The number of halogens is 1. The van der Waals surface area contributed by atoms with Crippen LogP contribution < -0.4 is 16.0 Å². The Morgan fingerprint density at radius 3 is 2.62 bits per heavy atom. The first-order valence-electron chi connectivity index (χ1n) is 10.4. The molecular weight excluding hydrogens is 452 g/mol. The first-order valence-corrected chi connectivity index (χ1v) is 10.8. The lowest BCUT2D eigenvalue weighted by Gasteiger charge is -2.12. The molecule has 0 saturated carbocycles. The van der Waals surface area contributed by atoms with Gasteiger partial charge in [0.15, 0.2) is 0 Å². The van der Waals surface area contributed by atoms with Crippen molar-refractivity contribution in [1.29, 1.82) is 5.26 Å². The fourth-order valence-electron chi connectivity index (χ4n) is 3.09. The van der Waals surface area contributed by atoms with Gasteiger partial charge in [-0.1, -0.05) is 35.9 Å². The van der Waals surface area contributed by atoms with Gasteiger partial charge in [0.05, 0.1) is 18.2 Å². The number of anilines is 2. The Balaban J connectivity index is 1.40. The van der Waals surface area contributed by atoms with E-state index in [0.717, 1.165) is 11.1 Å². The number of amides is 1. The third kappa shape index (κ3) is 6.31. The lowest BCUT2D eigenvalue weighted by atomic mass is 10.1. The van der Waals surface area contributed by atoms with Gasteiger partial charge in [0.25, 0.3) is 0 Å². The highest BCUT2D eigenvalue weighted by atomic mass is 35.5. The topological polar surface area (TPSA) is 121 Å². The van der Waals surface area contributed by atoms with Gasteiger partial charge in [-0.05, 0) is 35.4 Å². The van der Waals surface area contributed by atoms with Gasteiger partial charge in [-0.25, -0.2) is 4.98 Å². The highest BCUT2D eigenvalue weighted by Crippen LogP contribution is 2.16. The molecule has 4 rings (SSSR count). The van der Waals surface area contributed by atoms with Crippen molar-refractivity contribution in [3.8, 4) is 11.9 Å². The summed E-state index contributed by atoms with van der Waals surface area (Å²) >= 11 is 6.06. The van der Waals surface area contributed by atoms with Gasteiger partial charge in [0, 0.05) is 36.6 Å². The zero-order valence-electron chi connectivity index (χ0n) is 18.1. The second-order valence-corrected chi connectivity index (χ2v) is 7.76. The molecule has 0 radical (unpaired) electrons. The molecule has 0 spiro atoms. The van der Waals surface area contributed by atoms with Crippen LogP contribution in [0.4, 0.5) is 11.8 Å². The number of nitriles is 1. The predicted molar refractivity (Wildman–Crippen MR) is 129 cm³/mol. The number of rotatable bonds is 9. The number of nitrogens with one attached hydrogen (secondary N) is 3. The van der Waals surface area contributed by atoms with Gasteiger partial charge >= 0.3 is 0 Å². The van der Waals surface area contributed by atoms with Crippen LogP contribution in [0.2, 0.25) is 5.02 Å². The van der Waals surface area contributed by atoms with Crippen LogP contribution in [0.3, 0.4) is 0 Å². The fraction of sp³-hybridized carbons (Fsp3) is 0.125. The molecule has 0 unspecified atom stereocenters. The van der Waals surface area contributed by atoms with E-state index in [-0.39, 0.29) is 12.5 Å². The molecule has 3 N–H and O–H groups in total. The van der Waals surface area contributed by atoms with Crippen molar-refractivity contribution in [3.63, 3.8) is 0 Å². The smallest absolute Gasteiger partial charge is 0.239 e. The van der Waals surface area contributed by atoms with Gasteiger partial charge < -0.3 is 16.0 Å². The number of aromatic nitrogens is 4. The van der Waals surface area contributed by atoms with E-state index >= 15 is 0 Å². The highest BCUT2D eigenvalue weighted by Gasteiger charge is 2.09. The number of nitrogens with zero attached hydrogens (tertiary/aromatic N) is 5. The van der Waals surface area contributed by atoms with Crippen molar-refractivity contribution in [2.24, 2.45) is 0 Å². The SMILES string of the molecule is N#Cc1ccc(CNC(=O)CNc2cc(-n3ccnc3)nc(NCc3cccc(Cl)c3)n2)cc1. The van der Waals surface area contributed by atoms with E-state index in [9.17, 15) is 4.79 Å². The van der Waals surface area contributed by atoms with Crippen molar-refractivity contribution in [3.05, 3.63) is 95.0 Å². The van der Waals surface area contributed by atoms with Crippen LogP contribution in [-0.4, -0.2) is 32.0 Å². The van der Waals surface area contributed by atoms with Crippen LogP contribution in [0, 0.1) is 11.3 Å². The molecular formula is C24H21ClN8O. The van der Waals surface area contributed by atoms with Gasteiger partial charge in [-0.2, -0.15) is 15.2 Å². The monoisotopic (exact) mass is 472 g/mol. The Morgan fingerprint density at radius 2 is 1.88 bits per heavy atom. The van der Waals surface area contributed by atoms with Crippen LogP contribution in [0.5, 0.6) is 0 Å². The van der Waals surface area contributed by atoms with Crippen LogP contribution >= 0.6 is 11.6 Å². The van der Waals surface area contributed by atoms with E-state index in [1.54, 1.807) is 41.5 Å². The maximum absolute atomic E-state index is 12.3. The largest absolute Gasteiger partial charge is 0.361 e. The van der Waals surface area contributed by atoms with E-state index in [4.69, 9.17) is 16.9 Å². The van der Waals surface area contributed by atoms with Crippen LogP contribution in [0.1, 0.15) is 16.7 Å². The zero-order valence-corrected chi connectivity index (χ0v) is 18.8. The molecule has 0 aliphatic rings. The number of imidazole rings is 1. The second kappa shape index (κ2) is 10.9. The van der Waals surface area contributed by atoms with Gasteiger partial charge in [-0.15, -0.1) is 0 Å². The molecule has 2 heterocycles. The summed E-state index contributed by atoms with van der Waals surface area (Å²) in [6.07, 6.45) is 5.07. The van der Waals surface area contributed by atoms with Crippen molar-refractivity contribution < 1.29 is 4.79 Å². The number of hydrogen-bond acceptors (Lipinski definition) is 7. The summed E-state index contributed by atoms with van der Waals surface area (Å²) < 4.78 is 1.75. The molecule has 10 heteroatoms. The Bertz CT molecular complexity index is 1300. The van der Waals surface area contributed by atoms with E-state index in [0.29, 0.717) is 41.3 Å². The van der Waals surface area contributed by atoms with E-state index in [2.05, 4.69) is 37.0 Å². The molecule has 0 atom stereocenters. The zero-order chi connectivity index (χ0) is 23.8. The summed E-state index contributed by atoms with van der Waals surface area (Å²) in [6.45, 7) is 0.881. The maximum atomic E-state index is 12.3. The molecule has 34 heavy (non-hydrogen) atoms. The average molecular weight is 473 g/mol. The standard InChI is InChI=1S/C24H21ClN8O/c25-20-3-1-2-19(10-20)14-30-24-31-21(11-22(32-24)33-9-8-27-16-33)28-15-23(34)29-13-18-6-4-17(12-26)5-7-18/h1-11,16H,13-15H2,(H,29,34)(H2,28,30,31,32). The summed E-state index contributed by atoms with van der Waals surface area (Å²) in [5, 5.41) is 18.6. The first kappa shape index (κ1) is 22.8. The summed E-state index contributed by atoms with van der Waals surface area (Å²) in [7, 11) is 0. The molecule has 0 aliphatic heterocycles. The number of benzene rings is 2. The van der Waals surface area contributed by atoms with Crippen LogP contribution in [0.25, 0.3) is 5.82 Å². The third-order valence-corrected chi connectivity index (χ3v) is 5.06. The Labute approximate surface area is 201 Å². The van der Waals surface area contributed by atoms with Crippen LogP contribution in [-0.2, 0) is 17.9 Å². The summed E-state index contributed by atoms with van der Waals surface area (Å²) in [4.78, 5) is 25.4. The number of carbonyl (C=O) groups is 1. The first-order chi connectivity index (χ1) is 16.6. The minimum atomic E-state index is -0.194. The Hall–Kier alpha value is -4.42. The van der Waals surface area contributed by atoms with E-state index in [1.807, 2.05) is 36.4 Å². The molecule has 1 amide bonds. The van der Waals surface area contributed by atoms with Crippen molar-refractivity contribution in [2.45, 2.75) is 13.1 Å². The third-order valence-electron chi connectivity index (χ3n) is 4.82. The summed E-state index contributed by atoms with van der Waals surface area (Å²) in [5.74, 6) is 1.29. The second-order valence-electron chi connectivity index (χ2n) is 7.33. The van der Waals surface area contributed by atoms with Gasteiger partial charge in [0.2, 0.25) is 11.9 Å². The fourth-order valence-corrected chi connectivity index (χ4v) is 3.30. The molecule has 2 aromatic carbocycles. The molecule has 0 bridgehead atoms. The molecule has 0 fully saturated rings.